The van der Waals surface area contributed by atoms with E-state index >= 15 is 0 Å². The summed E-state index contributed by atoms with van der Waals surface area (Å²) in [6, 6.07) is 10.8. The molecule has 0 aliphatic heterocycles. The van der Waals surface area contributed by atoms with Crippen molar-refractivity contribution in [3.63, 3.8) is 0 Å². The minimum absolute atomic E-state index is 0.0403. The van der Waals surface area contributed by atoms with Crippen LogP contribution >= 0.6 is 0 Å². The van der Waals surface area contributed by atoms with Crippen molar-refractivity contribution in [1.29, 1.82) is 0 Å². The smallest absolute Gasteiger partial charge is 0.126 e. The second kappa shape index (κ2) is 8.69. The molecular weight excluding hydrogens is 305 g/mol. The van der Waals surface area contributed by atoms with Gasteiger partial charge in [-0.05, 0) is 48.7 Å². The summed E-state index contributed by atoms with van der Waals surface area (Å²) in [4.78, 5) is 0. The van der Waals surface area contributed by atoms with Gasteiger partial charge in [-0.2, -0.15) is 0 Å². The van der Waals surface area contributed by atoms with E-state index < -0.39 is 0 Å². The van der Waals surface area contributed by atoms with Crippen molar-refractivity contribution < 1.29 is 13.9 Å². The van der Waals surface area contributed by atoms with Gasteiger partial charge in [0.1, 0.15) is 17.3 Å². The molecule has 0 aliphatic rings. The van der Waals surface area contributed by atoms with Crippen LogP contribution in [0.4, 0.5) is 4.39 Å². The first kappa shape index (κ1) is 18.3. The van der Waals surface area contributed by atoms with Crippen LogP contribution in [0.5, 0.6) is 11.5 Å². The highest BCUT2D eigenvalue weighted by molar-refractivity contribution is 5.49. The van der Waals surface area contributed by atoms with Crippen molar-refractivity contribution in [2.45, 2.75) is 32.1 Å². The number of halogens is 1. The summed E-state index contributed by atoms with van der Waals surface area (Å²) in [5.41, 5.74) is 8.73. The van der Waals surface area contributed by atoms with E-state index in [9.17, 15) is 4.39 Å². The van der Waals surface area contributed by atoms with E-state index in [1.165, 1.54) is 6.07 Å². The Morgan fingerprint density at radius 1 is 1.04 bits per heavy atom. The summed E-state index contributed by atoms with van der Waals surface area (Å²) in [5, 5.41) is 0. The molecule has 1 atom stereocenters. The first-order valence-corrected chi connectivity index (χ1v) is 8.32. The number of methoxy groups -OCH3 is 2. The van der Waals surface area contributed by atoms with Gasteiger partial charge in [-0.25, -0.2) is 4.39 Å². The molecule has 2 aromatic carbocycles. The van der Waals surface area contributed by atoms with Crippen LogP contribution in [0.15, 0.2) is 36.4 Å². The SMILES string of the molecule is CCCc1cc(OC)c(C(CN)Cc2ccccc2F)cc1OC. The maximum absolute atomic E-state index is 14.0. The van der Waals surface area contributed by atoms with Crippen LogP contribution in [0.25, 0.3) is 0 Å². The van der Waals surface area contributed by atoms with Gasteiger partial charge in [0.2, 0.25) is 0 Å². The zero-order valence-corrected chi connectivity index (χ0v) is 14.6. The molecule has 0 heterocycles. The van der Waals surface area contributed by atoms with Crippen molar-refractivity contribution in [3.8, 4) is 11.5 Å². The molecular formula is C20H26FNO2. The third-order valence-electron chi connectivity index (χ3n) is 4.30. The van der Waals surface area contributed by atoms with E-state index in [-0.39, 0.29) is 11.7 Å². The highest BCUT2D eigenvalue weighted by Crippen LogP contribution is 2.35. The maximum Gasteiger partial charge on any atom is 0.126 e. The predicted molar refractivity (Wildman–Crippen MR) is 95.4 cm³/mol. The van der Waals surface area contributed by atoms with Gasteiger partial charge < -0.3 is 15.2 Å². The second-order valence-corrected chi connectivity index (χ2v) is 5.88. The summed E-state index contributed by atoms with van der Waals surface area (Å²) in [6.07, 6.45) is 2.46. The van der Waals surface area contributed by atoms with Crippen molar-refractivity contribution in [2.75, 3.05) is 20.8 Å². The molecule has 1 unspecified atom stereocenters. The van der Waals surface area contributed by atoms with Crippen molar-refractivity contribution >= 4 is 0 Å². The highest BCUT2D eigenvalue weighted by atomic mass is 19.1. The summed E-state index contributed by atoms with van der Waals surface area (Å²) in [7, 11) is 3.32. The molecule has 0 saturated heterocycles. The Balaban J connectivity index is 2.41. The van der Waals surface area contributed by atoms with Crippen LogP contribution < -0.4 is 15.2 Å². The molecule has 4 heteroatoms. The topological polar surface area (TPSA) is 44.5 Å². The van der Waals surface area contributed by atoms with E-state index in [2.05, 4.69) is 6.92 Å². The van der Waals surface area contributed by atoms with E-state index in [4.69, 9.17) is 15.2 Å². The van der Waals surface area contributed by atoms with Crippen LogP contribution in [0.1, 0.15) is 36.0 Å². The third kappa shape index (κ3) is 4.06. The molecule has 0 aliphatic carbocycles. The molecule has 0 radical (unpaired) electrons. The van der Waals surface area contributed by atoms with Gasteiger partial charge in [-0.15, -0.1) is 0 Å². The molecule has 0 spiro atoms. The number of nitrogens with two attached hydrogens (primary N) is 1. The number of ether oxygens (including phenoxy) is 2. The fourth-order valence-electron chi connectivity index (χ4n) is 3.02. The lowest BCUT2D eigenvalue weighted by atomic mass is 9.89. The van der Waals surface area contributed by atoms with Crippen LogP contribution in [-0.4, -0.2) is 20.8 Å². The number of benzene rings is 2. The lowest BCUT2D eigenvalue weighted by molar-refractivity contribution is 0.391. The lowest BCUT2D eigenvalue weighted by Crippen LogP contribution is -2.17. The average molecular weight is 331 g/mol. The number of hydrogen-bond acceptors (Lipinski definition) is 3. The molecule has 0 saturated carbocycles. The molecule has 0 amide bonds. The summed E-state index contributed by atoms with van der Waals surface area (Å²) in [6.45, 7) is 2.53. The van der Waals surface area contributed by atoms with Gasteiger partial charge in [0.25, 0.3) is 0 Å². The van der Waals surface area contributed by atoms with Crippen LogP contribution in [0, 0.1) is 5.82 Å². The number of aryl methyl sites for hydroxylation is 1. The minimum Gasteiger partial charge on any atom is -0.496 e. The Bertz CT molecular complexity index is 673. The second-order valence-electron chi connectivity index (χ2n) is 5.88. The Morgan fingerprint density at radius 2 is 1.75 bits per heavy atom. The van der Waals surface area contributed by atoms with Gasteiger partial charge in [0.05, 0.1) is 14.2 Å². The minimum atomic E-state index is -0.204. The normalized spacial score (nSPS) is 12.0. The van der Waals surface area contributed by atoms with E-state index in [1.807, 2.05) is 18.2 Å². The van der Waals surface area contributed by atoms with Gasteiger partial charge in [0, 0.05) is 11.5 Å². The largest absolute Gasteiger partial charge is 0.496 e. The molecule has 130 valence electrons. The van der Waals surface area contributed by atoms with Crippen molar-refractivity contribution in [3.05, 3.63) is 58.9 Å². The number of rotatable bonds is 8. The van der Waals surface area contributed by atoms with Gasteiger partial charge >= 0.3 is 0 Å². The molecule has 24 heavy (non-hydrogen) atoms. The average Bonchev–Trinajstić information content (AvgIpc) is 2.61. The molecule has 2 rings (SSSR count). The first-order chi connectivity index (χ1) is 11.6. The standard InChI is InChI=1S/C20H26FNO2/c1-4-7-15-11-20(24-3)17(12-19(15)23-2)16(13-22)10-14-8-5-6-9-18(14)21/h5-6,8-9,11-12,16H,4,7,10,13,22H2,1-3H3. The van der Waals surface area contributed by atoms with Crippen LogP contribution in [-0.2, 0) is 12.8 Å². The Kier molecular flexibility index (Phi) is 6.62. The monoisotopic (exact) mass is 331 g/mol. The zero-order valence-electron chi connectivity index (χ0n) is 14.6. The molecule has 0 fully saturated rings. The summed E-state index contributed by atoms with van der Waals surface area (Å²) < 4.78 is 25.1. The molecule has 0 aromatic heterocycles. The van der Waals surface area contributed by atoms with Crippen LogP contribution in [0.3, 0.4) is 0 Å². The van der Waals surface area contributed by atoms with Gasteiger partial charge in [-0.3, -0.25) is 0 Å². The maximum atomic E-state index is 14.0. The predicted octanol–water partition coefficient (Wildman–Crippen LogP) is 4.08. The summed E-state index contributed by atoms with van der Waals surface area (Å²) >= 11 is 0. The highest BCUT2D eigenvalue weighted by Gasteiger charge is 2.20. The van der Waals surface area contributed by atoms with Crippen LogP contribution in [0.2, 0.25) is 0 Å². The molecule has 0 bridgehead atoms. The fourth-order valence-corrected chi connectivity index (χ4v) is 3.02. The first-order valence-electron chi connectivity index (χ1n) is 8.32. The number of hydrogen-bond donors (Lipinski definition) is 1. The van der Waals surface area contributed by atoms with Crippen molar-refractivity contribution in [1.82, 2.24) is 0 Å². The van der Waals surface area contributed by atoms with Gasteiger partial charge in [-0.1, -0.05) is 31.5 Å². The quantitative estimate of drug-likeness (QED) is 0.793. The summed E-state index contributed by atoms with van der Waals surface area (Å²) in [5.74, 6) is 1.37. The van der Waals surface area contributed by atoms with Gasteiger partial charge in [0.15, 0.2) is 0 Å². The van der Waals surface area contributed by atoms with E-state index in [0.717, 1.165) is 35.5 Å². The van der Waals surface area contributed by atoms with E-state index in [1.54, 1.807) is 26.4 Å². The Labute approximate surface area is 143 Å². The van der Waals surface area contributed by atoms with E-state index in [0.29, 0.717) is 18.5 Å². The molecule has 3 nitrogen and oxygen atoms in total. The molecule has 2 N–H and O–H groups in total. The zero-order chi connectivity index (χ0) is 17.5. The third-order valence-corrected chi connectivity index (χ3v) is 4.30. The fraction of sp³-hybridized carbons (Fsp3) is 0.400. The Morgan fingerprint density at radius 3 is 2.33 bits per heavy atom. The molecule has 2 aromatic rings. The lowest BCUT2D eigenvalue weighted by Gasteiger charge is -2.21. The Hall–Kier alpha value is -2.07. The van der Waals surface area contributed by atoms with Crippen molar-refractivity contribution in [2.24, 2.45) is 5.73 Å².